The van der Waals surface area contributed by atoms with Gasteiger partial charge < -0.3 is 14.2 Å². The number of carbonyl (C=O) groups excluding carboxylic acids is 3. The third-order valence-corrected chi connectivity index (χ3v) is 4.44. The standard InChI is InChI=1S/C21H19NO6/c1-26-14-7-5-13(6-8-14)18-19(23)15(20(24)22-21(18)25)10-12-4-9-16(27-2)17(11-12)28-3/h4-11,18H,1-3H3,(H,22,24,25)/b15-10+/t18-/m1/s1. The highest BCUT2D eigenvalue weighted by Crippen LogP contribution is 2.31. The van der Waals surface area contributed by atoms with Crippen molar-refractivity contribution in [3.05, 3.63) is 59.2 Å². The van der Waals surface area contributed by atoms with E-state index in [1.807, 2.05) is 0 Å². The summed E-state index contributed by atoms with van der Waals surface area (Å²) >= 11 is 0. The molecule has 0 bridgehead atoms. The summed E-state index contributed by atoms with van der Waals surface area (Å²) in [5.74, 6) is -1.45. The minimum absolute atomic E-state index is 0.104. The van der Waals surface area contributed by atoms with Crippen molar-refractivity contribution in [2.24, 2.45) is 0 Å². The molecule has 1 atom stereocenters. The third-order valence-electron chi connectivity index (χ3n) is 4.44. The first kappa shape index (κ1) is 19.2. The van der Waals surface area contributed by atoms with Gasteiger partial charge in [-0.25, -0.2) is 0 Å². The molecule has 0 spiro atoms. The molecule has 3 rings (SSSR count). The maximum atomic E-state index is 12.9. The quantitative estimate of drug-likeness (QED) is 0.369. The number of amides is 2. The zero-order chi connectivity index (χ0) is 20.3. The lowest BCUT2D eigenvalue weighted by atomic mass is 9.85. The van der Waals surface area contributed by atoms with E-state index in [0.717, 1.165) is 0 Å². The molecule has 1 heterocycles. The number of carbonyl (C=O) groups is 3. The Labute approximate surface area is 161 Å². The molecular weight excluding hydrogens is 362 g/mol. The van der Waals surface area contributed by atoms with Crippen LogP contribution >= 0.6 is 0 Å². The Balaban J connectivity index is 1.98. The minimum Gasteiger partial charge on any atom is -0.497 e. The average molecular weight is 381 g/mol. The second kappa shape index (κ2) is 7.96. The van der Waals surface area contributed by atoms with Gasteiger partial charge in [0.15, 0.2) is 17.3 Å². The Morgan fingerprint density at radius 2 is 1.54 bits per heavy atom. The van der Waals surface area contributed by atoms with E-state index in [4.69, 9.17) is 14.2 Å². The van der Waals surface area contributed by atoms with Crippen LogP contribution in [0.4, 0.5) is 0 Å². The van der Waals surface area contributed by atoms with Crippen LogP contribution in [0.15, 0.2) is 48.0 Å². The van der Waals surface area contributed by atoms with E-state index < -0.39 is 23.5 Å². The zero-order valence-corrected chi connectivity index (χ0v) is 15.6. The monoisotopic (exact) mass is 381 g/mol. The maximum absolute atomic E-state index is 12.9. The number of ketones is 1. The van der Waals surface area contributed by atoms with Gasteiger partial charge in [0.2, 0.25) is 5.91 Å². The topological polar surface area (TPSA) is 90.9 Å². The molecule has 1 aliphatic heterocycles. The summed E-state index contributed by atoms with van der Waals surface area (Å²) in [6.45, 7) is 0. The lowest BCUT2D eigenvalue weighted by molar-refractivity contribution is -0.136. The number of Topliss-reactive ketones (excluding diaryl/α,β-unsaturated/α-hetero) is 1. The molecule has 144 valence electrons. The predicted octanol–water partition coefficient (Wildman–Crippen LogP) is 2.11. The molecule has 2 aromatic rings. The van der Waals surface area contributed by atoms with E-state index >= 15 is 0 Å². The number of imide groups is 1. The molecule has 1 saturated heterocycles. The summed E-state index contributed by atoms with van der Waals surface area (Å²) in [4.78, 5) is 37.5. The second-order valence-electron chi connectivity index (χ2n) is 6.06. The Morgan fingerprint density at radius 1 is 0.857 bits per heavy atom. The molecule has 1 fully saturated rings. The molecule has 0 unspecified atom stereocenters. The first-order valence-corrected chi connectivity index (χ1v) is 8.45. The Morgan fingerprint density at radius 3 is 2.14 bits per heavy atom. The lowest BCUT2D eigenvalue weighted by Gasteiger charge is -2.22. The maximum Gasteiger partial charge on any atom is 0.261 e. The van der Waals surface area contributed by atoms with Gasteiger partial charge in [-0.1, -0.05) is 18.2 Å². The van der Waals surface area contributed by atoms with Crippen molar-refractivity contribution in [3.8, 4) is 17.2 Å². The van der Waals surface area contributed by atoms with Crippen molar-refractivity contribution >= 4 is 23.7 Å². The SMILES string of the molecule is COc1ccc([C@H]2C(=O)NC(=O)/C(=C/c3ccc(OC)c(OC)c3)C2=O)cc1. The van der Waals surface area contributed by atoms with Gasteiger partial charge >= 0.3 is 0 Å². The zero-order valence-electron chi connectivity index (χ0n) is 15.6. The summed E-state index contributed by atoms with van der Waals surface area (Å²) in [7, 11) is 4.53. The largest absolute Gasteiger partial charge is 0.497 e. The molecule has 0 saturated carbocycles. The molecule has 1 N–H and O–H groups in total. The number of nitrogens with one attached hydrogen (secondary N) is 1. The van der Waals surface area contributed by atoms with Gasteiger partial charge in [0, 0.05) is 0 Å². The fourth-order valence-electron chi connectivity index (χ4n) is 2.98. The van der Waals surface area contributed by atoms with E-state index in [0.29, 0.717) is 28.4 Å². The first-order valence-electron chi connectivity index (χ1n) is 8.45. The molecular formula is C21H19NO6. The van der Waals surface area contributed by atoms with Crippen LogP contribution in [-0.2, 0) is 14.4 Å². The number of ether oxygens (including phenoxy) is 3. The Hall–Kier alpha value is -3.61. The van der Waals surface area contributed by atoms with Crippen molar-refractivity contribution in [2.45, 2.75) is 5.92 Å². The third kappa shape index (κ3) is 3.59. The first-order chi connectivity index (χ1) is 13.5. The normalized spacial score (nSPS) is 18.0. The summed E-state index contributed by atoms with van der Waals surface area (Å²) < 4.78 is 15.5. The number of methoxy groups -OCH3 is 3. The van der Waals surface area contributed by atoms with Crippen molar-refractivity contribution in [3.63, 3.8) is 0 Å². The van der Waals surface area contributed by atoms with Gasteiger partial charge in [-0.15, -0.1) is 0 Å². The van der Waals surface area contributed by atoms with Crippen molar-refractivity contribution < 1.29 is 28.6 Å². The van der Waals surface area contributed by atoms with E-state index in [1.165, 1.54) is 27.4 Å². The molecule has 0 radical (unpaired) electrons. The summed E-state index contributed by atoms with van der Waals surface area (Å²) in [6, 6.07) is 11.6. The van der Waals surface area contributed by atoms with Crippen LogP contribution in [0.2, 0.25) is 0 Å². The molecule has 2 amide bonds. The van der Waals surface area contributed by atoms with Crippen LogP contribution in [0.3, 0.4) is 0 Å². The van der Waals surface area contributed by atoms with Gasteiger partial charge in [0.05, 0.1) is 26.9 Å². The predicted molar refractivity (Wildman–Crippen MR) is 101 cm³/mol. The van der Waals surface area contributed by atoms with Gasteiger partial charge in [-0.3, -0.25) is 19.7 Å². The summed E-state index contributed by atoms with van der Waals surface area (Å²) in [5, 5.41) is 2.25. The highest BCUT2D eigenvalue weighted by Gasteiger charge is 2.39. The smallest absolute Gasteiger partial charge is 0.261 e. The molecule has 0 aromatic heterocycles. The number of benzene rings is 2. The molecule has 7 heteroatoms. The second-order valence-corrected chi connectivity index (χ2v) is 6.06. The van der Waals surface area contributed by atoms with Crippen LogP contribution in [0.25, 0.3) is 6.08 Å². The molecule has 0 aliphatic carbocycles. The summed E-state index contributed by atoms with van der Waals surface area (Å²) in [6.07, 6.45) is 1.43. The minimum atomic E-state index is -1.10. The van der Waals surface area contributed by atoms with Crippen LogP contribution in [-0.4, -0.2) is 38.9 Å². The van der Waals surface area contributed by atoms with Crippen LogP contribution in [0, 0.1) is 0 Å². The van der Waals surface area contributed by atoms with Crippen molar-refractivity contribution in [1.82, 2.24) is 5.32 Å². The van der Waals surface area contributed by atoms with Gasteiger partial charge in [0.1, 0.15) is 11.7 Å². The fourth-order valence-corrected chi connectivity index (χ4v) is 2.98. The van der Waals surface area contributed by atoms with Crippen LogP contribution in [0.1, 0.15) is 17.0 Å². The molecule has 28 heavy (non-hydrogen) atoms. The van der Waals surface area contributed by atoms with Crippen molar-refractivity contribution in [2.75, 3.05) is 21.3 Å². The van der Waals surface area contributed by atoms with Gasteiger partial charge in [0.25, 0.3) is 5.91 Å². The van der Waals surface area contributed by atoms with E-state index in [2.05, 4.69) is 5.32 Å². The molecule has 7 nitrogen and oxygen atoms in total. The number of rotatable bonds is 5. The Bertz CT molecular complexity index is 961. The lowest BCUT2D eigenvalue weighted by Crippen LogP contribution is -2.46. The summed E-state index contributed by atoms with van der Waals surface area (Å²) in [5.41, 5.74) is 0.945. The van der Waals surface area contributed by atoms with E-state index in [9.17, 15) is 14.4 Å². The number of hydrogen-bond acceptors (Lipinski definition) is 6. The number of piperidine rings is 1. The van der Waals surface area contributed by atoms with Gasteiger partial charge in [-0.2, -0.15) is 0 Å². The van der Waals surface area contributed by atoms with Gasteiger partial charge in [-0.05, 0) is 41.5 Å². The molecule has 2 aromatic carbocycles. The van der Waals surface area contributed by atoms with E-state index in [-0.39, 0.29) is 5.57 Å². The highest BCUT2D eigenvalue weighted by molar-refractivity contribution is 6.36. The van der Waals surface area contributed by atoms with Crippen molar-refractivity contribution in [1.29, 1.82) is 0 Å². The highest BCUT2D eigenvalue weighted by atomic mass is 16.5. The van der Waals surface area contributed by atoms with Crippen LogP contribution < -0.4 is 19.5 Å². The Kier molecular flexibility index (Phi) is 5.44. The van der Waals surface area contributed by atoms with E-state index in [1.54, 1.807) is 42.5 Å². The fraction of sp³-hybridized carbons (Fsp3) is 0.190. The molecule has 1 aliphatic rings. The number of hydrogen-bond donors (Lipinski definition) is 1. The average Bonchev–Trinajstić information content (AvgIpc) is 2.71. The van der Waals surface area contributed by atoms with Crippen LogP contribution in [0.5, 0.6) is 17.2 Å².